The quantitative estimate of drug-likeness (QED) is 0.393. The van der Waals surface area contributed by atoms with E-state index in [0.29, 0.717) is 0 Å². The van der Waals surface area contributed by atoms with Crippen LogP contribution in [0.1, 0.15) is 5.56 Å². The van der Waals surface area contributed by atoms with Gasteiger partial charge in [-0.05, 0) is 27.6 Å². The second kappa shape index (κ2) is 5.15. The fourth-order valence-electron chi connectivity index (χ4n) is 3.07. The Labute approximate surface area is 129 Å². The zero-order valence-electron chi connectivity index (χ0n) is 12.3. The minimum atomic E-state index is 0.850. The first-order chi connectivity index (χ1) is 10.8. The van der Waals surface area contributed by atoms with E-state index in [1.165, 1.54) is 27.1 Å². The first-order valence-electron chi connectivity index (χ1n) is 7.43. The van der Waals surface area contributed by atoms with Crippen LogP contribution in [0.25, 0.3) is 27.7 Å². The third kappa shape index (κ3) is 2.09. The summed E-state index contributed by atoms with van der Waals surface area (Å²) >= 11 is 0. The predicted molar refractivity (Wildman–Crippen MR) is 91.6 cm³/mol. The Morgan fingerprint density at radius 1 is 0.955 bits per heavy atom. The lowest BCUT2D eigenvalue weighted by molar-refractivity contribution is -0.687. The molecular formula is C20H17N2+. The average Bonchev–Trinajstić information content (AvgIpc) is 3.02. The highest BCUT2D eigenvalue weighted by Gasteiger charge is 2.10. The second-order valence-electron chi connectivity index (χ2n) is 5.51. The molecule has 0 fully saturated rings. The van der Waals surface area contributed by atoms with Gasteiger partial charge in [-0.2, -0.15) is 0 Å². The molecule has 1 heterocycles. The Morgan fingerprint density at radius 2 is 1.59 bits per heavy atom. The molecule has 1 aromatic heterocycles. The molecule has 0 amide bonds. The van der Waals surface area contributed by atoms with E-state index in [9.17, 15) is 0 Å². The monoisotopic (exact) mass is 285 g/mol. The molecule has 4 rings (SSSR count). The fourth-order valence-corrected chi connectivity index (χ4v) is 3.07. The summed E-state index contributed by atoms with van der Waals surface area (Å²) in [4.78, 5) is 0. The number of nitrogens with zero attached hydrogens (tertiary/aromatic N) is 2. The molecule has 22 heavy (non-hydrogen) atoms. The molecular weight excluding hydrogens is 268 g/mol. The van der Waals surface area contributed by atoms with Gasteiger partial charge in [-0.25, -0.2) is 9.13 Å². The molecule has 0 radical (unpaired) electrons. The average molecular weight is 285 g/mol. The van der Waals surface area contributed by atoms with E-state index in [1.54, 1.807) is 6.20 Å². The molecule has 0 unspecified atom stereocenters. The lowest BCUT2D eigenvalue weighted by Crippen LogP contribution is -2.31. The summed E-state index contributed by atoms with van der Waals surface area (Å²) in [6.07, 6.45) is 7.96. The molecule has 0 saturated heterocycles. The van der Waals surface area contributed by atoms with Gasteiger partial charge >= 0.3 is 0 Å². The largest absolute Gasteiger partial charge is 0.248 e. The van der Waals surface area contributed by atoms with Crippen molar-refractivity contribution in [3.05, 3.63) is 85.5 Å². The third-order valence-electron chi connectivity index (χ3n) is 4.15. The highest BCUT2D eigenvalue weighted by molar-refractivity contribution is 6.02. The van der Waals surface area contributed by atoms with Gasteiger partial charge in [0.05, 0.1) is 6.20 Å². The minimum Gasteiger partial charge on any atom is -0.232 e. The van der Waals surface area contributed by atoms with Gasteiger partial charge in [0.15, 0.2) is 0 Å². The summed E-state index contributed by atoms with van der Waals surface area (Å²) in [6, 6.07) is 19.5. The standard InChI is InChI=1S/C20H17N2/c1-2-21-11-12-22(15-21)14-20-18-9-5-3-7-16(18)13-17-8-4-6-10-19(17)20/h2-13,15H,1,14H2/q+1. The molecule has 2 heteroatoms. The molecule has 0 saturated carbocycles. The maximum Gasteiger partial charge on any atom is 0.248 e. The zero-order chi connectivity index (χ0) is 14.9. The molecule has 0 aliphatic heterocycles. The molecule has 3 aromatic carbocycles. The summed E-state index contributed by atoms with van der Waals surface area (Å²) in [5.74, 6) is 0. The van der Waals surface area contributed by atoms with Crippen LogP contribution in [0.4, 0.5) is 0 Å². The number of hydrogen-bond donors (Lipinski definition) is 0. The number of aromatic nitrogens is 2. The molecule has 0 atom stereocenters. The molecule has 0 aliphatic carbocycles. The number of fused-ring (bicyclic) bond motifs is 2. The molecule has 0 bridgehead atoms. The van der Waals surface area contributed by atoms with Crippen LogP contribution in [0.3, 0.4) is 0 Å². The molecule has 2 nitrogen and oxygen atoms in total. The van der Waals surface area contributed by atoms with Gasteiger partial charge in [0.1, 0.15) is 18.9 Å². The number of imidazole rings is 1. The highest BCUT2D eigenvalue weighted by Crippen LogP contribution is 2.28. The summed E-state index contributed by atoms with van der Waals surface area (Å²) in [5, 5.41) is 5.22. The van der Waals surface area contributed by atoms with E-state index >= 15 is 0 Å². The lowest BCUT2D eigenvalue weighted by atomic mass is 9.97. The first-order valence-corrected chi connectivity index (χ1v) is 7.43. The van der Waals surface area contributed by atoms with Gasteiger partial charge in [0.2, 0.25) is 6.33 Å². The Hall–Kier alpha value is -2.87. The predicted octanol–water partition coefficient (Wildman–Crippen LogP) is 4.23. The van der Waals surface area contributed by atoms with Crippen molar-refractivity contribution < 1.29 is 4.57 Å². The van der Waals surface area contributed by atoms with Crippen molar-refractivity contribution in [2.24, 2.45) is 0 Å². The van der Waals surface area contributed by atoms with Gasteiger partial charge in [-0.15, -0.1) is 0 Å². The molecule has 106 valence electrons. The molecule has 0 N–H and O–H groups in total. The SMILES string of the molecule is C=Cn1cc[n+](Cc2c3ccccc3cc3ccccc23)c1. The van der Waals surface area contributed by atoms with Crippen molar-refractivity contribution >= 4 is 27.7 Å². The van der Waals surface area contributed by atoms with Gasteiger partial charge in [0.25, 0.3) is 0 Å². The van der Waals surface area contributed by atoms with E-state index in [0.717, 1.165) is 6.54 Å². The summed E-state index contributed by atoms with van der Waals surface area (Å²) < 4.78 is 4.16. The van der Waals surface area contributed by atoms with E-state index in [4.69, 9.17) is 0 Å². The van der Waals surface area contributed by atoms with Gasteiger partial charge in [-0.1, -0.05) is 55.1 Å². The Kier molecular flexibility index (Phi) is 3.01. The minimum absolute atomic E-state index is 0.850. The van der Waals surface area contributed by atoms with Gasteiger partial charge < -0.3 is 0 Å². The van der Waals surface area contributed by atoms with Crippen molar-refractivity contribution in [2.45, 2.75) is 6.54 Å². The number of hydrogen-bond acceptors (Lipinski definition) is 0. The zero-order valence-corrected chi connectivity index (χ0v) is 12.3. The van der Waals surface area contributed by atoms with Crippen LogP contribution in [0.2, 0.25) is 0 Å². The van der Waals surface area contributed by atoms with Crippen molar-refractivity contribution in [2.75, 3.05) is 0 Å². The van der Waals surface area contributed by atoms with Crippen LogP contribution in [-0.2, 0) is 6.54 Å². The van der Waals surface area contributed by atoms with Crippen LogP contribution in [0.5, 0.6) is 0 Å². The number of benzene rings is 3. The summed E-state index contributed by atoms with van der Waals surface area (Å²) in [5.41, 5.74) is 1.36. The van der Waals surface area contributed by atoms with Crippen LogP contribution in [-0.4, -0.2) is 4.57 Å². The Bertz CT molecular complexity index is 925. The van der Waals surface area contributed by atoms with Crippen LogP contribution in [0, 0.1) is 0 Å². The maximum atomic E-state index is 3.80. The Balaban J connectivity index is 1.97. The van der Waals surface area contributed by atoms with Crippen LogP contribution < -0.4 is 4.57 Å². The van der Waals surface area contributed by atoms with Crippen molar-refractivity contribution in [1.82, 2.24) is 4.57 Å². The smallest absolute Gasteiger partial charge is 0.232 e. The van der Waals surface area contributed by atoms with Crippen LogP contribution in [0.15, 0.2) is 79.9 Å². The van der Waals surface area contributed by atoms with E-state index in [-0.39, 0.29) is 0 Å². The molecule has 4 aromatic rings. The number of rotatable bonds is 3. The first kappa shape index (κ1) is 12.8. The summed E-state index contributed by atoms with van der Waals surface area (Å²) in [6.45, 7) is 4.65. The lowest BCUT2D eigenvalue weighted by Gasteiger charge is -2.10. The van der Waals surface area contributed by atoms with E-state index < -0.39 is 0 Å². The highest BCUT2D eigenvalue weighted by atomic mass is 15.1. The van der Waals surface area contributed by atoms with Gasteiger partial charge in [-0.3, -0.25) is 0 Å². The van der Waals surface area contributed by atoms with E-state index in [2.05, 4.69) is 78.3 Å². The third-order valence-corrected chi connectivity index (χ3v) is 4.15. The van der Waals surface area contributed by atoms with E-state index in [1.807, 2.05) is 10.8 Å². The molecule has 0 aliphatic rings. The maximum absolute atomic E-state index is 3.80. The Morgan fingerprint density at radius 3 is 2.18 bits per heavy atom. The van der Waals surface area contributed by atoms with Gasteiger partial charge in [0, 0.05) is 5.56 Å². The summed E-state index contributed by atoms with van der Waals surface area (Å²) in [7, 11) is 0. The topological polar surface area (TPSA) is 8.81 Å². The second-order valence-corrected chi connectivity index (χ2v) is 5.51. The van der Waals surface area contributed by atoms with Crippen LogP contribution >= 0.6 is 0 Å². The fraction of sp³-hybridized carbons (Fsp3) is 0.0500. The van der Waals surface area contributed by atoms with Crippen molar-refractivity contribution in [1.29, 1.82) is 0 Å². The molecule has 0 spiro atoms. The normalized spacial score (nSPS) is 11.1. The van der Waals surface area contributed by atoms with Crippen molar-refractivity contribution in [3.63, 3.8) is 0 Å². The van der Waals surface area contributed by atoms with Crippen molar-refractivity contribution in [3.8, 4) is 0 Å².